The largest absolute Gasteiger partial charge is 0.481 e. The Morgan fingerprint density at radius 1 is 1.67 bits per heavy atom. The van der Waals surface area contributed by atoms with Crippen LogP contribution in [0.25, 0.3) is 0 Å². The van der Waals surface area contributed by atoms with Crippen LogP contribution in [-0.4, -0.2) is 17.6 Å². The molecular formula is C11H15NO3. The molecule has 0 spiro atoms. The van der Waals surface area contributed by atoms with Crippen molar-refractivity contribution in [1.29, 1.82) is 0 Å². The van der Waals surface area contributed by atoms with Gasteiger partial charge in [0.2, 0.25) is 0 Å². The van der Waals surface area contributed by atoms with E-state index in [1.54, 1.807) is 0 Å². The number of nitrogens with one attached hydrogen (secondary N) is 1. The standard InChI is InChI=1S/C11H15NO3/c1-7-2-3-9(15-7)11-8(4-5-12-11)6-10(13)14/h2-3,8,11-12H,4-6H2,1H3,(H,13,14)/t8-,11+/m0/s1. The van der Waals surface area contributed by atoms with Gasteiger partial charge < -0.3 is 14.8 Å². The summed E-state index contributed by atoms with van der Waals surface area (Å²) in [6.45, 7) is 2.76. The van der Waals surface area contributed by atoms with Crippen LogP contribution in [-0.2, 0) is 4.79 Å². The molecule has 1 aliphatic rings. The van der Waals surface area contributed by atoms with Crippen molar-refractivity contribution in [2.24, 2.45) is 5.92 Å². The molecule has 15 heavy (non-hydrogen) atoms. The van der Waals surface area contributed by atoms with Gasteiger partial charge in [-0.3, -0.25) is 4.79 Å². The van der Waals surface area contributed by atoms with Crippen molar-refractivity contribution >= 4 is 5.97 Å². The maximum Gasteiger partial charge on any atom is 0.303 e. The number of rotatable bonds is 3. The van der Waals surface area contributed by atoms with E-state index in [0.29, 0.717) is 0 Å². The van der Waals surface area contributed by atoms with Crippen LogP contribution in [0.2, 0.25) is 0 Å². The molecule has 0 amide bonds. The predicted octanol–water partition coefficient (Wildman–Crippen LogP) is 1.71. The van der Waals surface area contributed by atoms with E-state index in [9.17, 15) is 4.79 Å². The molecule has 0 unspecified atom stereocenters. The highest BCUT2D eigenvalue weighted by Crippen LogP contribution is 2.32. The zero-order valence-corrected chi connectivity index (χ0v) is 8.69. The van der Waals surface area contributed by atoms with E-state index < -0.39 is 5.97 Å². The van der Waals surface area contributed by atoms with Gasteiger partial charge >= 0.3 is 5.97 Å². The summed E-state index contributed by atoms with van der Waals surface area (Å²) in [4.78, 5) is 10.7. The fraction of sp³-hybridized carbons (Fsp3) is 0.545. The van der Waals surface area contributed by atoms with Crippen LogP contribution in [0.15, 0.2) is 16.5 Å². The second kappa shape index (κ2) is 4.06. The topological polar surface area (TPSA) is 62.5 Å². The fourth-order valence-electron chi connectivity index (χ4n) is 2.16. The third-order valence-corrected chi connectivity index (χ3v) is 2.86. The highest BCUT2D eigenvalue weighted by molar-refractivity contribution is 5.67. The Morgan fingerprint density at radius 2 is 2.47 bits per heavy atom. The van der Waals surface area contributed by atoms with Crippen LogP contribution >= 0.6 is 0 Å². The van der Waals surface area contributed by atoms with Crippen LogP contribution in [0.4, 0.5) is 0 Å². The van der Waals surface area contributed by atoms with Crippen LogP contribution in [0, 0.1) is 12.8 Å². The monoisotopic (exact) mass is 209 g/mol. The van der Waals surface area contributed by atoms with Gasteiger partial charge in [0.15, 0.2) is 0 Å². The lowest BCUT2D eigenvalue weighted by Gasteiger charge is -2.15. The Labute approximate surface area is 88.3 Å². The minimum atomic E-state index is -0.739. The molecule has 2 atom stereocenters. The second-order valence-corrected chi connectivity index (χ2v) is 4.03. The SMILES string of the molecule is Cc1ccc([C@@H]2NCC[C@H]2CC(=O)O)o1. The van der Waals surface area contributed by atoms with E-state index in [2.05, 4.69) is 5.32 Å². The highest BCUT2D eigenvalue weighted by atomic mass is 16.4. The first-order valence-corrected chi connectivity index (χ1v) is 5.18. The molecule has 0 saturated carbocycles. The lowest BCUT2D eigenvalue weighted by Crippen LogP contribution is -2.19. The van der Waals surface area contributed by atoms with Gasteiger partial charge in [-0.1, -0.05) is 0 Å². The molecule has 82 valence electrons. The number of carbonyl (C=O) groups is 1. The van der Waals surface area contributed by atoms with Crippen LogP contribution in [0.5, 0.6) is 0 Å². The molecule has 4 nitrogen and oxygen atoms in total. The van der Waals surface area contributed by atoms with E-state index in [1.807, 2.05) is 19.1 Å². The van der Waals surface area contributed by atoms with Gasteiger partial charge in [-0.2, -0.15) is 0 Å². The van der Waals surface area contributed by atoms with E-state index in [1.165, 1.54) is 0 Å². The number of carboxylic acids is 1. The Hall–Kier alpha value is -1.29. The Kier molecular flexibility index (Phi) is 2.77. The summed E-state index contributed by atoms with van der Waals surface area (Å²) in [5, 5.41) is 12.1. The van der Waals surface area contributed by atoms with Gasteiger partial charge in [0, 0.05) is 0 Å². The first-order chi connectivity index (χ1) is 7.16. The third kappa shape index (κ3) is 2.21. The number of hydrogen-bond donors (Lipinski definition) is 2. The van der Waals surface area contributed by atoms with E-state index in [-0.39, 0.29) is 18.4 Å². The number of aliphatic carboxylic acids is 1. The molecule has 0 radical (unpaired) electrons. The van der Waals surface area contributed by atoms with Gasteiger partial charge in [0.05, 0.1) is 12.5 Å². The Morgan fingerprint density at radius 3 is 3.07 bits per heavy atom. The number of aryl methyl sites for hydroxylation is 1. The molecule has 1 aliphatic heterocycles. The minimum Gasteiger partial charge on any atom is -0.481 e. The van der Waals surface area contributed by atoms with Crippen LogP contribution in [0.1, 0.15) is 30.4 Å². The molecule has 0 aliphatic carbocycles. The van der Waals surface area contributed by atoms with Gasteiger partial charge in [-0.05, 0) is 37.9 Å². The van der Waals surface area contributed by atoms with Crippen molar-refractivity contribution in [2.75, 3.05) is 6.54 Å². The third-order valence-electron chi connectivity index (χ3n) is 2.86. The molecule has 0 bridgehead atoms. The molecule has 0 aromatic carbocycles. The molecule has 1 aromatic heterocycles. The van der Waals surface area contributed by atoms with Gasteiger partial charge in [0.1, 0.15) is 11.5 Å². The molecule has 2 rings (SSSR count). The summed E-state index contributed by atoms with van der Waals surface area (Å²) in [6, 6.07) is 3.90. The summed E-state index contributed by atoms with van der Waals surface area (Å²) in [6.07, 6.45) is 1.11. The summed E-state index contributed by atoms with van der Waals surface area (Å²) in [7, 11) is 0. The van der Waals surface area contributed by atoms with Crippen molar-refractivity contribution in [3.63, 3.8) is 0 Å². The fourth-order valence-corrected chi connectivity index (χ4v) is 2.16. The smallest absolute Gasteiger partial charge is 0.303 e. The summed E-state index contributed by atoms with van der Waals surface area (Å²) >= 11 is 0. The Bertz CT molecular complexity index is 358. The zero-order chi connectivity index (χ0) is 10.8. The molecule has 1 saturated heterocycles. The molecule has 1 fully saturated rings. The zero-order valence-electron chi connectivity index (χ0n) is 8.69. The Balaban J connectivity index is 2.10. The lowest BCUT2D eigenvalue weighted by atomic mass is 9.95. The first kappa shape index (κ1) is 10.2. The van der Waals surface area contributed by atoms with Gasteiger partial charge in [-0.15, -0.1) is 0 Å². The van der Waals surface area contributed by atoms with E-state index >= 15 is 0 Å². The van der Waals surface area contributed by atoms with Gasteiger partial charge in [0.25, 0.3) is 0 Å². The summed E-state index contributed by atoms with van der Waals surface area (Å²) in [5.41, 5.74) is 0. The average Bonchev–Trinajstić information content (AvgIpc) is 2.72. The van der Waals surface area contributed by atoms with Crippen molar-refractivity contribution in [3.05, 3.63) is 23.7 Å². The molecule has 4 heteroatoms. The van der Waals surface area contributed by atoms with Gasteiger partial charge in [-0.25, -0.2) is 0 Å². The van der Waals surface area contributed by atoms with Crippen molar-refractivity contribution < 1.29 is 14.3 Å². The van der Waals surface area contributed by atoms with Crippen LogP contribution < -0.4 is 5.32 Å². The summed E-state index contributed by atoms with van der Waals surface area (Å²) in [5.74, 6) is 1.13. The average molecular weight is 209 g/mol. The molecule has 2 N–H and O–H groups in total. The van der Waals surface area contributed by atoms with Crippen molar-refractivity contribution in [1.82, 2.24) is 5.32 Å². The lowest BCUT2D eigenvalue weighted by molar-refractivity contribution is -0.138. The quantitative estimate of drug-likeness (QED) is 0.795. The highest BCUT2D eigenvalue weighted by Gasteiger charge is 2.31. The maximum atomic E-state index is 10.7. The minimum absolute atomic E-state index is 0.0646. The maximum absolute atomic E-state index is 10.7. The molecule has 1 aromatic rings. The van der Waals surface area contributed by atoms with E-state index in [4.69, 9.17) is 9.52 Å². The summed E-state index contributed by atoms with van der Waals surface area (Å²) < 4.78 is 5.52. The number of furan rings is 1. The van der Waals surface area contributed by atoms with Crippen molar-refractivity contribution in [3.8, 4) is 0 Å². The van der Waals surface area contributed by atoms with Crippen molar-refractivity contribution in [2.45, 2.75) is 25.8 Å². The van der Waals surface area contributed by atoms with E-state index in [0.717, 1.165) is 24.5 Å². The predicted molar refractivity (Wildman–Crippen MR) is 54.5 cm³/mol. The molecular weight excluding hydrogens is 194 g/mol. The van der Waals surface area contributed by atoms with Crippen LogP contribution in [0.3, 0.4) is 0 Å². The second-order valence-electron chi connectivity index (χ2n) is 4.03. The number of hydrogen-bond acceptors (Lipinski definition) is 3. The first-order valence-electron chi connectivity index (χ1n) is 5.18. The number of carboxylic acid groups (broad SMARTS) is 1. The normalized spacial score (nSPS) is 25.7. The molecule has 2 heterocycles.